The first-order chi connectivity index (χ1) is 9.56. The van der Waals surface area contributed by atoms with Gasteiger partial charge >= 0.3 is 0 Å². The minimum Gasteiger partial charge on any atom is -0.350 e. The first-order valence-corrected chi connectivity index (χ1v) is 6.98. The first kappa shape index (κ1) is 16.2. The Morgan fingerprint density at radius 3 is 2.65 bits per heavy atom. The molecule has 110 valence electrons. The maximum Gasteiger partial charge on any atom is 0.251 e. The Morgan fingerprint density at radius 2 is 2.00 bits per heavy atom. The molecule has 0 aliphatic carbocycles. The van der Waals surface area contributed by atoms with Gasteiger partial charge in [0.15, 0.2) is 0 Å². The van der Waals surface area contributed by atoms with Crippen molar-refractivity contribution in [2.75, 3.05) is 18.4 Å². The number of hydrogen-bond donors (Lipinski definition) is 3. The van der Waals surface area contributed by atoms with Crippen LogP contribution in [0.5, 0.6) is 0 Å². The molecule has 0 fully saturated rings. The fourth-order valence-corrected chi connectivity index (χ4v) is 1.59. The molecule has 0 radical (unpaired) electrons. The van der Waals surface area contributed by atoms with Crippen LogP contribution in [0.25, 0.3) is 0 Å². The van der Waals surface area contributed by atoms with Gasteiger partial charge in [-0.15, -0.1) is 0 Å². The van der Waals surface area contributed by atoms with Crippen LogP contribution in [0, 0.1) is 0 Å². The van der Waals surface area contributed by atoms with Crippen LogP contribution in [0.2, 0.25) is 0 Å². The highest BCUT2D eigenvalue weighted by molar-refractivity contribution is 5.97. The van der Waals surface area contributed by atoms with Crippen molar-refractivity contribution in [1.29, 1.82) is 0 Å². The Morgan fingerprint density at radius 1 is 1.25 bits per heavy atom. The quantitative estimate of drug-likeness (QED) is 0.711. The molecule has 0 spiro atoms. The standard InChI is InChI=1S/C15H23N3O2/c1-4-11(3)17-15(20)12-7-6-8-13(9-12)18-14(19)10-16-5-2/h6-9,11,16H,4-5,10H2,1-3H3,(H,17,20)(H,18,19). The maximum absolute atomic E-state index is 12.0. The number of carbonyl (C=O) groups excluding carboxylic acids is 2. The van der Waals surface area contributed by atoms with Crippen molar-refractivity contribution >= 4 is 17.5 Å². The van der Waals surface area contributed by atoms with E-state index in [-0.39, 0.29) is 24.4 Å². The molecular formula is C15H23N3O2. The Labute approximate surface area is 120 Å². The lowest BCUT2D eigenvalue weighted by Crippen LogP contribution is -2.32. The van der Waals surface area contributed by atoms with Crippen LogP contribution < -0.4 is 16.0 Å². The van der Waals surface area contributed by atoms with Gasteiger partial charge in [-0.2, -0.15) is 0 Å². The Bertz CT molecular complexity index is 460. The summed E-state index contributed by atoms with van der Waals surface area (Å²) in [6.45, 7) is 6.92. The van der Waals surface area contributed by atoms with E-state index in [9.17, 15) is 9.59 Å². The topological polar surface area (TPSA) is 70.2 Å². The van der Waals surface area contributed by atoms with E-state index in [2.05, 4.69) is 16.0 Å². The average molecular weight is 277 g/mol. The number of amides is 2. The summed E-state index contributed by atoms with van der Waals surface area (Å²) in [6.07, 6.45) is 0.880. The zero-order valence-corrected chi connectivity index (χ0v) is 12.3. The number of hydrogen-bond acceptors (Lipinski definition) is 3. The molecule has 1 atom stereocenters. The van der Waals surface area contributed by atoms with Crippen molar-refractivity contribution in [3.8, 4) is 0 Å². The zero-order valence-electron chi connectivity index (χ0n) is 12.3. The van der Waals surface area contributed by atoms with Crippen molar-refractivity contribution in [2.45, 2.75) is 33.2 Å². The summed E-state index contributed by atoms with van der Waals surface area (Å²) in [5, 5.41) is 8.60. The van der Waals surface area contributed by atoms with Crippen molar-refractivity contribution in [2.24, 2.45) is 0 Å². The molecule has 1 aromatic rings. The molecule has 0 aliphatic heterocycles. The molecule has 2 amide bonds. The molecule has 0 heterocycles. The summed E-state index contributed by atoms with van der Waals surface area (Å²) >= 11 is 0. The second kappa shape index (κ2) is 8.32. The van der Waals surface area contributed by atoms with Crippen molar-refractivity contribution in [3.05, 3.63) is 29.8 Å². The predicted octanol–water partition coefficient (Wildman–Crippen LogP) is 1.76. The van der Waals surface area contributed by atoms with E-state index in [4.69, 9.17) is 0 Å². The molecule has 1 unspecified atom stereocenters. The Kier molecular flexibility index (Phi) is 6.73. The van der Waals surface area contributed by atoms with E-state index in [0.717, 1.165) is 13.0 Å². The van der Waals surface area contributed by atoms with Gasteiger partial charge in [-0.05, 0) is 38.1 Å². The SMILES string of the molecule is CCNCC(=O)Nc1cccc(C(=O)NC(C)CC)c1. The van der Waals surface area contributed by atoms with Crippen molar-refractivity contribution in [3.63, 3.8) is 0 Å². The van der Waals surface area contributed by atoms with Crippen LogP contribution >= 0.6 is 0 Å². The summed E-state index contributed by atoms with van der Waals surface area (Å²) < 4.78 is 0. The number of anilines is 1. The van der Waals surface area contributed by atoms with Crippen LogP contribution in [0.4, 0.5) is 5.69 Å². The van der Waals surface area contributed by atoms with Gasteiger partial charge in [0.05, 0.1) is 6.54 Å². The van der Waals surface area contributed by atoms with E-state index >= 15 is 0 Å². The number of nitrogens with one attached hydrogen (secondary N) is 3. The summed E-state index contributed by atoms with van der Waals surface area (Å²) in [7, 11) is 0. The minimum atomic E-state index is -0.123. The van der Waals surface area contributed by atoms with E-state index < -0.39 is 0 Å². The highest BCUT2D eigenvalue weighted by Gasteiger charge is 2.09. The third kappa shape index (κ3) is 5.40. The largest absolute Gasteiger partial charge is 0.350 e. The van der Waals surface area contributed by atoms with Gasteiger partial charge in [0, 0.05) is 17.3 Å². The van der Waals surface area contributed by atoms with Gasteiger partial charge in [0.2, 0.25) is 5.91 Å². The van der Waals surface area contributed by atoms with E-state index in [1.165, 1.54) is 0 Å². The molecule has 0 aliphatic rings. The molecule has 5 heteroatoms. The lowest BCUT2D eigenvalue weighted by atomic mass is 10.1. The number of likely N-dealkylation sites (N-methyl/N-ethyl adjacent to an activating group) is 1. The van der Waals surface area contributed by atoms with Crippen molar-refractivity contribution < 1.29 is 9.59 Å². The molecule has 3 N–H and O–H groups in total. The number of benzene rings is 1. The van der Waals surface area contributed by atoms with Gasteiger partial charge in [-0.1, -0.05) is 19.9 Å². The molecule has 1 rings (SSSR count). The predicted molar refractivity (Wildman–Crippen MR) is 80.8 cm³/mol. The van der Waals surface area contributed by atoms with Crippen LogP contribution in [-0.4, -0.2) is 30.9 Å². The van der Waals surface area contributed by atoms with Gasteiger partial charge in [-0.25, -0.2) is 0 Å². The fourth-order valence-electron chi connectivity index (χ4n) is 1.59. The van der Waals surface area contributed by atoms with Crippen LogP contribution in [0.1, 0.15) is 37.6 Å². The van der Waals surface area contributed by atoms with E-state index in [1.807, 2.05) is 20.8 Å². The third-order valence-electron chi connectivity index (χ3n) is 2.93. The molecule has 0 saturated heterocycles. The smallest absolute Gasteiger partial charge is 0.251 e. The highest BCUT2D eigenvalue weighted by atomic mass is 16.2. The summed E-state index contributed by atoms with van der Waals surface area (Å²) in [5.41, 5.74) is 1.18. The van der Waals surface area contributed by atoms with Crippen molar-refractivity contribution in [1.82, 2.24) is 10.6 Å². The second-order valence-electron chi connectivity index (χ2n) is 4.69. The lowest BCUT2D eigenvalue weighted by Gasteiger charge is -2.12. The molecule has 0 bridgehead atoms. The molecule has 20 heavy (non-hydrogen) atoms. The minimum absolute atomic E-state index is 0.119. The van der Waals surface area contributed by atoms with Crippen LogP contribution in [-0.2, 0) is 4.79 Å². The fraction of sp³-hybridized carbons (Fsp3) is 0.467. The van der Waals surface area contributed by atoms with Gasteiger partial charge in [0.25, 0.3) is 5.91 Å². The monoisotopic (exact) mass is 277 g/mol. The van der Waals surface area contributed by atoms with E-state index in [0.29, 0.717) is 11.3 Å². The average Bonchev–Trinajstić information content (AvgIpc) is 2.45. The highest BCUT2D eigenvalue weighted by Crippen LogP contribution is 2.11. The Hall–Kier alpha value is -1.88. The van der Waals surface area contributed by atoms with Gasteiger partial charge in [-0.3, -0.25) is 9.59 Å². The Balaban J connectivity index is 2.65. The number of rotatable bonds is 7. The zero-order chi connectivity index (χ0) is 15.0. The first-order valence-electron chi connectivity index (χ1n) is 6.98. The molecule has 1 aromatic carbocycles. The molecular weight excluding hydrogens is 254 g/mol. The second-order valence-corrected chi connectivity index (χ2v) is 4.69. The normalized spacial score (nSPS) is 11.8. The maximum atomic E-state index is 12.0. The summed E-state index contributed by atoms with van der Waals surface area (Å²) in [6, 6.07) is 7.08. The lowest BCUT2D eigenvalue weighted by molar-refractivity contribution is -0.115. The number of carbonyl (C=O) groups is 2. The molecule has 0 saturated carbocycles. The molecule has 5 nitrogen and oxygen atoms in total. The van der Waals surface area contributed by atoms with Gasteiger partial charge < -0.3 is 16.0 Å². The molecule has 0 aromatic heterocycles. The summed E-state index contributed by atoms with van der Waals surface area (Å²) in [4.78, 5) is 23.6. The summed E-state index contributed by atoms with van der Waals surface area (Å²) in [5.74, 6) is -0.242. The van der Waals surface area contributed by atoms with E-state index in [1.54, 1.807) is 24.3 Å². The third-order valence-corrected chi connectivity index (χ3v) is 2.93. The van der Waals surface area contributed by atoms with Crippen LogP contribution in [0.3, 0.4) is 0 Å². The van der Waals surface area contributed by atoms with Crippen LogP contribution in [0.15, 0.2) is 24.3 Å². The van der Waals surface area contributed by atoms with Gasteiger partial charge in [0.1, 0.15) is 0 Å².